The maximum atomic E-state index is 10.6. The van der Waals surface area contributed by atoms with Crippen molar-refractivity contribution in [2.75, 3.05) is 31.1 Å². The first-order valence-corrected chi connectivity index (χ1v) is 12.3. The van der Waals surface area contributed by atoms with E-state index in [1.54, 1.807) is 0 Å². The third-order valence-electron chi connectivity index (χ3n) is 6.51. The van der Waals surface area contributed by atoms with E-state index in [9.17, 15) is 13.2 Å². The summed E-state index contributed by atoms with van der Waals surface area (Å²) in [5.74, 6) is -1.36. The highest BCUT2D eigenvalue weighted by Gasteiger charge is 2.38. The molecule has 1 atom stereocenters. The summed E-state index contributed by atoms with van der Waals surface area (Å²) in [5.41, 5.74) is 3.51. The van der Waals surface area contributed by atoms with Crippen molar-refractivity contribution in [1.29, 1.82) is 0 Å². The largest absolute Gasteiger partial charge is 0.490 e. The molecule has 0 amide bonds. The fourth-order valence-corrected chi connectivity index (χ4v) is 4.63. The van der Waals surface area contributed by atoms with Crippen LogP contribution in [-0.2, 0) is 11.3 Å². The third kappa shape index (κ3) is 6.34. The molecule has 9 nitrogen and oxygen atoms in total. The van der Waals surface area contributed by atoms with E-state index in [2.05, 4.69) is 53.3 Å². The SMILES string of the molecule is CC(C)n1cc(CN2CCCC(c3nc4ccc(N5CCCC5)cn4n3)C2)cn1.O=C(O)C(F)(F)F. The minimum absolute atomic E-state index is 0.402. The molecule has 0 radical (unpaired) electrons. The fraction of sp³-hybridized carbons (Fsp3) is 0.583. The molecule has 2 aliphatic heterocycles. The van der Waals surface area contributed by atoms with Gasteiger partial charge in [-0.15, -0.1) is 0 Å². The van der Waals surface area contributed by atoms with E-state index in [-0.39, 0.29) is 0 Å². The second kappa shape index (κ2) is 10.9. The van der Waals surface area contributed by atoms with Crippen molar-refractivity contribution < 1.29 is 23.1 Å². The summed E-state index contributed by atoms with van der Waals surface area (Å²) in [6.45, 7) is 9.74. The first-order valence-electron chi connectivity index (χ1n) is 12.3. The molecule has 0 bridgehead atoms. The Morgan fingerprint density at radius 2 is 1.86 bits per heavy atom. The lowest BCUT2D eigenvalue weighted by Crippen LogP contribution is -2.34. The predicted molar refractivity (Wildman–Crippen MR) is 128 cm³/mol. The number of alkyl halides is 3. The second-order valence-corrected chi connectivity index (χ2v) is 9.65. The lowest BCUT2D eigenvalue weighted by Gasteiger charge is -2.30. The molecule has 3 aromatic rings. The van der Waals surface area contributed by atoms with Gasteiger partial charge in [0.1, 0.15) is 0 Å². The minimum Gasteiger partial charge on any atom is -0.475 e. The van der Waals surface area contributed by atoms with Gasteiger partial charge >= 0.3 is 12.1 Å². The number of fused-ring (bicyclic) bond motifs is 1. The van der Waals surface area contributed by atoms with E-state index in [1.165, 1.54) is 30.5 Å². The number of pyridine rings is 1. The summed E-state index contributed by atoms with van der Waals surface area (Å²) < 4.78 is 35.8. The molecule has 1 N–H and O–H groups in total. The van der Waals surface area contributed by atoms with E-state index in [0.29, 0.717) is 12.0 Å². The quantitative estimate of drug-likeness (QED) is 0.556. The molecule has 2 fully saturated rings. The van der Waals surface area contributed by atoms with Crippen molar-refractivity contribution >= 4 is 17.3 Å². The lowest BCUT2D eigenvalue weighted by molar-refractivity contribution is -0.192. The van der Waals surface area contributed by atoms with Crippen molar-refractivity contribution in [3.8, 4) is 0 Å². The average Bonchev–Trinajstić information content (AvgIpc) is 3.59. The summed E-state index contributed by atoms with van der Waals surface area (Å²) in [7, 11) is 0. The first kappa shape index (κ1) is 25.9. The maximum absolute atomic E-state index is 10.6. The second-order valence-electron chi connectivity index (χ2n) is 9.65. The number of aliphatic carboxylic acids is 1. The zero-order valence-electron chi connectivity index (χ0n) is 20.5. The number of piperidine rings is 1. The van der Waals surface area contributed by atoms with Gasteiger partial charge < -0.3 is 10.0 Å². The van der Waals surface area contributed by atoms with E-state index in [1.807, 2.05) is 15.4 Å². The zero-order valence-corrected chi connectivity index (χ0v) is 20.5. The number of likely N-dealkylation sites (tertiary alicyclic amines) is 1. The van der Waals surface area contributed by atoms with Gasteiger partial charge in [0, 0.05) is 49.9 Å². The highest BCUT2D eigenvalue weighted by molar-refractivity contribution is 5.73. The maximum Gasteiger partial charge on any atom is 0.490 e. The molecular formula is C24H32F3N7O2. The number of nitrogens with zero attached hydrogens (tertiary/aromatic N) is 7. The van der Waals surface area contributed by atoms with Crippen molar-refractivity contribution in [2.24, 2.45) is 0 Å². The Morgan fingerprint density at radius 1 is 1.14 bits per heavy atom. The van der Waals surface area contributed by atoms with Gasteiger partial charge in [-0.2, -0.15) is 23.4 Å². The molecule has 0 spiro atoms. The predicted octanol–water partition coefficient (Wildman–Crippen LogP) is 4.12. The molecule has 2 aliphatic rings. The van der Waals surface area contributed by atoms with Crippen LogP contribution in [-0.4, -0.2) is 72.7 Å². The van der Waals surface area contributed by atoms with Gasteiger partial charge in [0.05, 0.1) is 18.1 Å². The number of hydrogen-bond acceptors (Lipinski definition) is 6. The minimum atomic E-state index is -5.08. The van der Waals surface area contributed by atoms with Crippen LogP contribution in [0.1, 0.15) is 62.9 Å². The molecule has 0 aromatic carbocycles. The molecule has 3 aromatic heterocycles. The summed E-state index contributed by atoms with van der Waals surface area (Å²) in [4.78, 5) is 18.7. The van der Waals surface area contributed by atoms with Gasteiger partial charge in [-0.25, -0.2) is 14.3 Å². The smallest absolute Gasteiger partial charge is 0.475 e. The highest BCUT2D eigenvalue weighted by Crippen LogP contribution is 2.27. The molecule has 196 valence electrons. The number of carbonyl (C=O) groups is 1. The molecule has 0 saturated carbocycles. The Kier molecular flexibility index (Phi) is 7.82. The Balaban J connectivity index is 0.000000384. The first-order chi connectivity index (χ1) is 17.1. The van der Waals surface area contributed by atoms with Crippen LogP contribution in [0.3, 0.4) is 0 Å². The van der Waals surface area contributed by atoms with E-state index in [4.69, 9.17) is 20.0 Å². The van der Waals surface area contributed by atoms with Crippen LogP contribution in [0, 0.1) is 0 Å². The van der Waals surface area contributed by atoms with Crippen LogP contribution in [0.15, 0.2) is 30.7 Å². The van der Waals surface area contributed by atoms with Crippen LogP contribution < -0.4 is 4.90 Å². The lowest BCUT2D eigenvalue weighted by atomic mass is 9.97. The summed E-state index contributed by atoms with van der Waals surface area (Å²) >= 11 is 0. The van der Waals surface area contributed by atoms with Crippen LogP contribution in [0.25, 0.3) is 5.65 Å². The summed E-state index contributed by atoms with van der Waals surface area (Å²) in [6.07, 6.45) is 6.18. The molecule has 0 aliphatic carbocycles. The van der Waals surface area contributed by atoms with E-state index < -0.39 is 12.1 Å². The zero-order chi connectivity index (χ0) is 25.9. The van der Waals surface area contributed by atoms with Crippen LogP contribution in [0.5, 0.6) is 0 Å². The number of carboxylic acid groups (broad SMARTS) is 1. The number of carboxylic acids is 1. The van der Waals surface area contributed by atoms with Crippen LogP contribution >= 0.6 is 0 Å². The molecule has 1 unspecified atom stereocenters. The van der Waals surface area contributed by atoms with Crippen molar-refractivity contribution in [3.05, 3.63) is 42.1 Å². The molecule has 2 saturated heterocycles. The van der Waals surface area contributed by atoms with Gasteiger partial charge in [-0.1, -0.05) is 0 Å². The Bertz CT molecular complexity index is 1170. The van der Waals surface area contributed by atoms with Gasteiger partial charge in [0.25, 0.3) is 0 Å². The molecule has 5 heterocycles. The van der Waals surface area contributed by atoms with E-state index in [0.717, 1.165) is 50.6 Å². The summed E-state index contributed by atoms with van der Waals surface area (Å²) in [6, 6.07) is 4.72. The monoisotopic (exact) mass is 507 g/mol. The van der Waals surface area contributed by atoms with Crippen molar-refractivity contribution in [1.82, 2.24) is 29.3 Å². The number of anilines is 1. The number of rotatable bonds is 5. The van der Waals surface area contributed by atoms with Crippen molar-refractivity contribution in [2.45, 2.75) is 64.2 Å². The van der Waals surface area contributed by atoms with Crippen LogP contribution in [0.4, 0.5) is 18.9 Å². The van der Waals surface area contributed by atoms with Gasteiger partial charge in [-0.05, 0) is 58.2 Å². The van der Waals surface area contributed by atoms with E-state index >= 15 is 0 Å². The highest BCUT2D eigenvalue weighted by atomic mass is 19.4. The fourth-order valence-electron chi connectivity index (χ4n) is 4.63. The third-order valence-corrected chi connectivity index (χ3v) is 6.51. The van der Waals surface area contributed by atoms with Gasteiger partial charge in [-0.3, -0.25) is 9.58 Å². The number of aromatic nitrogens is 5. The summed E-state index contributed by atoms with van der Waals surface area (Å²) in [5, 5.41) is 16.5. The van der Waals surface area contributed by atoms with Gasteiger partial charge in [0.15, 0.2) is 11.5 Å². The van der Waals surface area contributed by atoms with Gasteiger partial charge in [0.2, 0.25) is 0 Å². The van der Waals surface area contributed by atoms with Crippen molar-refractivity contribution in [3.63, 3.8) is 0 Å². The molecule has 36 heavy (non-hydrogen) atoms. The van der Waals surface area contributed by atoms with Crippen LogP contribution in [0.2, 0.25) is 0 Å². The topological polar surface area (TPSA) is 91.8 Å². The Hall–Kier alpha value is -3.15. The Morgan fingerprint density at radius 3 is 2.50 bits per heavy atom. The number of hydrogen-bond donors (Lipinski definition) is 1. The molecule has 5 rings (SSSR count). The standard InChI is InChI=1S/C22H31N7.C2HF3O2/c1-17(2)28-14-18(12-23-28)13-26-9-5-6-19(15-26)22-24-21-8-7-20(16-29(21)25-22)27-10-3-4-11-27;3-2(4,5)1(6)7/h7-8,12,14,16-17,19H,3-6,9-11,13,15H2,1-2H3;(H,6,7). The molecule has 12 heteroatoms. The average molecular weight is 508 g/mol. The molecular weight excluding hydrogens is 475 g/mol. The Labute approximate surface area is 207 Å². The normalized spacial score (nSPS) is 19.1. The number of halogens is 3.